The van der Waals surface area contributed by atoms with Crippen LogP contribution in [0, 0.1) is 0 Å². The van der Waals surface area contributed by atoms with E-state index in [4.69, 9.17) is 16.3 Å². The molecule has 48 heavy (non-hydrogen) atoms. The average Bonchev–Trinajstić information content (AvgIpc) is 3.54. The van der Waals surface area contributed by atoms with E-state index in [2.05, 4.69) is 73.0 Å². The number of carbonyl (C=O) groups excluding carboxylic acids is 3. The molecule has 6 nitrogen and oxygen atoms in total. The Balaban J connectivity index is 1.29. The monoisotopic (exact) mass is 670 g/mol. The molecule has 0 aliphatic carbocycles. The Morgan fingerprint density at radius 3 is 1.90 bits per heavy atom. The van der Waals surface area contributed by atoms with E-state index in [1.165, 1.54) is 0 Å². The normalized spacial score (nSPS) is 15.5. The molecule has 2 aromatic carbocycles. The summed E-state index contributed by atoms with van der Waals surface area (Å²) < 4.78 is 6.07. The van der Waals surface area contributed by atoms with Crippen molar-refractivity contribution in [1.29, 1.82) is 0 Å². The molecule has 1 saturated heterocycles. The third-order valence-electron chi connectivity index (χ3n) is 7.88. The predicted molar refractivity (Wildman–Crippen MR) is 197 cm³/mol. The van der Waals surface area contributed by atoms with E-state index in [9.17, 15) is 14.4 Å². The molecule has 1 heterocycles. The number of nitrogens with one attached hydrogen (secondary N) is 1. The van der Waals surface area contributed by atoms with E-state index in [0.29, 0.717) is 47.8 Å². The number of likely N-dealkylation sites (tertiary alicyclic amines) is 1. The number of unbranched alkanes of at least 4 members (excludes halogenated alkanes) is 1. The van der Waals surface area contributed by atoms with Gasteiger partial charge in [-0.2, -0.15) is 0 Å². The van der Waals surface area contributed by atoms with E-state index >= 15 is 0 Å². The van der Waals surface area contributed by atoms with Crippen molar-refractivity contribution in [3.05, 3.63) is 125 Å². The maximum Gasteiger partial charge on any atom is 0.266 e. The van der Waals surface area contributed by atoms with Gasteiger partial charge in [0.05, 0.1) is 0 Å². The average molecular weight is 671 g/mol. The lowest BCUT2D eigenvalue weighted by atomic mass is 10.0. The van der Waals surface area contributed by atoms with Crippen molar-refractivity contribution in [2.75, 3.05) is 13.1 Å². The molecule has 1 aliphatic rings. The minimum Gasteiger partial charge on any atom is -0.478 e. The topological polar surface area (TPSA) is 75.7 Å². The van der Waals surface area contributed by atoms with Gasteiger partial charge in [-0.15, -0.1) is 0 Å². The van der Waals surface area contributed by atoms with Crippen LogP contribution in [-0.2, 0) is 9.59 Å². The number of halogens is 1. The Labute approximate surface area is 292 Å². The van der Waals surface area contributed by atoms with E-state index in [0.717, 1.165) is 44.9 Å². The van der Waals surface area contributed by atoms with Crippen molar-refractivity contribution in [3.8, 4) is 5.75 Å². The Morgan fingerprint density at radius 2 is 1.33 bits per heavy atom. The summed E-state index contributed by atoms with van der Waals surface area (Å²) in [6.45, 7) is 6.64. The fourth-order valence-electron chi connectivity index (χ4n) is 5.27. The Kier molecular flexibility index (Phi) is 16.7. The number of ketones is 1. The third kappa shape index (κ3) is 13.9. The first-order valence-electron chi connectivity index (χ1n) is 17.1. The Hall–Kier alpha value is -4.16. The number of amides is 2. The van der Waals surface area contributed by atoms with Crippen molar-refractivity contribution in [2.24, 2.45) is 0 Å². The Morgan fingerprint density at radius 1 is 0.812 bits per heavy atom. The van der Waals surface area contributed by atoms with E-state index in [1.807, 2.05) is 0 Å². The zero-order valence-electron chi connectivity index (χ0n) is 28.7. The van der Waals surface area contributed by atoms with Crippen LogP contribution in [0.1, 0.15) is 94.5 Å². The minimum absolute atomic E-state index is 0.0189. The molecule has 256 valence electrons. The molecule has 0 saturated carbocycles. The van der Waals surface area contributed by atoms with Gasteiger partial charge in [0.25, 0.3) is 5.91 Å². The summed E-state index contributed by atoms with van der Waals surface area (Å²) in [7, 11) is 0. The molecule has 0 bridgehead atoms. The SMILES string of the molecule is CCC=CCC=CCC=CCC=CCC=CCCCC(=O)N[C@H]1CCN(C(=O)C(C)(C)Oc2ccc(C(=O)c3ccc(Cl)cc3)cc2)C1. The second kappa shape index (κ2) is 20.9. The second-order valence-electron chi connectivity index (χ2n) is 12.4. The number of carbonyl (C=O) groups is 3. The molecular formula is C41H51ClN2O4. The first-order chi connectivity index (χ1) is 23.2. The van der Waals surface area contributed by atoms with Gasteiger partial charge in [0.2, 0.25) is 5.91 Å². The molecule has 1 fully saturated rings. The van der Waals surface area contributed by atoms with E-state index in [-0.39, 0.29) is 23.6 Å². The van der Waals surface area contributed by atoms with Crippen LogP contribution in [0.3, 0.4) is 0 Å². The van der Waals surface area contributed by atoms with Gasteiger partial charge in [-0.1, -0.05) is 79.3 Å². The summed E-state index contributed by atoms with van der Waals surface area (Å²) in [6, 6.07) is 13.5. The van der Waals surface area contributed by atoms with Gasteiger partial charge in [0, 0.05) is 41.7 Å². The van der Waals surface area contributed by atoms with Gasteiger partial charge in [-0.3, -0.25) is 14.4 Å². The number of ether oxygens (including phenoxy) is 1. The van der Waals surface area contributed by atoms with Gasteiger partial charge >= 0.3 is 0 Å². The summed E-state index contributed by atoms with van der Waals surface area (Å²) in [6.07, 6.45) is 29.5. The van der Waals surface area contributed by atoms with Crippen LogP contribution in [0.4, 0.5) is 0 Å². The lowest BCUT2D eigenvalue weighted by Gasteiger charge is -2.30. The second-order valence-corrected chi connectivity index (χ2v) is 12.8. The largest absolute Gasteiger partial charge is 0.478 e. The standard InChI is InChI=1S/C41H51ClN2O4/c1-4-5-6-7-8-9-10-11-12-13-14-15-16-17-18-19-20-21-38(45)43-36-30-31-44(32-36)40(47)41(2,3)48-37-28-24-34(25-29-37)39(46)33-22-26-35(42)27-23-33/h5-6,8-9,11-12,14-15,17-18,22-29,36H,4,7,10,13,16,19-21,30-32H2,1-3H3,(H,43,45)/t36-/m0/s1. The number of hydrogen-bond donors (Lipinski definition) is 1. The fourth-order valence-corrected chi connectivity index (χ4v) is 5.40. The molecule has 2 amide bonds. The molecule has 1 atom stereocenters. The van der Waals surface area contributed by atoms with Gasteiger partial charge in [-0.25, -0.2) is 0 Å². The lowest BCUT2D eigenvalue weighted by molar-refractivity contribution is -0.144. The smallest absolute Gasteiger partial charge is 0.266 e. The quantitative estimate of drug-likeness (QED) is 0.0918. The van der Waals surface area contributed by atoms with Crippen molar-refractivity contribution in [3.63, 3.8) is 0 Å². The van der Waals surface area contributed by atoms with Crippen LogP contribution in [-0.4, -0.2) is 47.2 Å². The Bertz CT molecular complexity index is 1450. The molecule has 0 unspecified atom stereocenters. The van der Waals surface area contributed by atoms with Crippen molar-refractivity contribution in [1.82, 2.24) is 10.2 Å². The lowest BCUT2D eigenvalue weighted by Crippen LogP contribution is -2.49. The summed E-state index contributed by atoms with van der Waals surface area (Å²) in [4.78, 5) is 40.4. The van der Waals surface area contributed by atoms with Crippen LogP contribution in [0.2, 0.25) is 5.02 Å². The van der Waals surface area contributed by atoms with E-state index < -0.39 is 5.60 Å². The van der Waals surface area contributed by atoms with Crippen LogP contribution in [0.5, 0.6) is 5.75 Å². The number of rotatable bonds is 19. The molecule has 1 aliphatic heterocycles. The maximum atomic E-state index is 13.3. The molecule has 7 heteroatoms. The molecule has 0 spiro atoms. The summed E-state index contributed by atoms with van der Waals surface area (Å²) in [5, 5.41) is 3.66. The third-order valence-corrected chi connectivity index (χ3v) is 8.14. The first-order valence-corrected chi connectivity index (χ1v) is 17.5. The van der Waals surface area contributed by atoms with Gasteiger partial charge < -0.3 is 15.0 Å². The highest BCUT2D eigenvalue weighted by atomic mass is 35.5. The molecule has 0 aromatic heterocycles. The zero-order valence-corrected chi connectivity index (χ0v) is 29.5. The summed E-state index contributed by atoms with van der Waals surface area (Å²) >= 11 is 5.93. The maximum absolute atomic E-state index is 13.3. The van der Waals surface area contributed by atoms with Crippen molar-refractivity contribution >= 4 is 29.2 Å². The number of benzene rings is 2. The van der Waals surface area contributed by atoms with E-state index in [1.54, 1.807) is 67.3 Å². The van der Waals surface area contributed by atoms with Crippen LogP contribution >= 0.6 is 11.6 Å². The van der Waals surface area contributed by atoms with Gasteiger partial charge in [-0.05, 0) is 114 Å². The fraction of sp³-hybridized carbons (Fsp3) is 0.390. The molecule has 0 radical (unpaired) electrons. The van der Waals surface area contributed by atoms with Crippen LogP contribution < -0.4 is 10.1 Å². The van der Waals surface area contributed by atoms with Crippen molar-refractivity contribution in [2.45, 2.75) is 90.2 Å². The van der Waals surface area contributed by atoms with Crippen molar-refractivity contribution < 1.29 is 19.1 Å². The van der Waals surface area contributed by atoms with Gasteiger partial charge in [0.15, 0.2) is 11.4 Å². The molecule has 3 rings (SSSR count). The van der Waals surface area contributed by atoms with Crippen LogP contribution in [0.25, 0.3) is 0 Å². The number of allylic oxidation sites excluding steroid dienone is 10. The first kappa shape index (κ1) is 38.3. The summed E-state index contributed by atoms with van der Waals surface area (Å²) in [5.74, 6) is 0.259. The molecule has 2 aromatic rings. The van der Waals surface area contributed by atoms with Crippen LogP contribution in [0.15, 0.2) is 109 Å². The summed E-state index contributed by atoms with van der Waals surface area (Å²) in [5.41, 5.74) is -0.0451. The zero-order chi connectivity index (χ0) is 34.6. The number of nitrogens with zero attached hydrogens (tertiary/aromatic N) is 1. The minimum atomic E-state index is -1.11. The highest BCUT2D eigenvalue weighted by Crippen LogP contribution is 2.24. The predicted octanol–water partition coefficient (Wildman–Crippen LogP) is 9.37. The number of hydrogen-bond acceptors (Lipinski definition) is 4. The van der Waals surface area contributed by atoms with Gasteiger partial charge in [0.1, 0.15) is 5.75 Å². The molecular weight excluding hydrogens is 620 g/mol. The highest BCUT2D eigenvalue weighted by Gasteiger charge is 2.38. The highest BCUT2D eigenvalue weighted by molar-refractivity contribution is 6.30. The molecule has 1 N–H and O–H groups in total.